The molecule has 1 atom stereocenters. The Labute approximate surface area is 158 Å². The van der Waals surface area contributed by atoms with Crippen molar-refractivity contribution in [1.82, 2.24) is 4.90 Å². The Kier molecular flexibility index (Phi) is 4.73. The molecule has 1 heterocycles. The van der Waals surface area contributed by atoms with Crippen LogP contribution in [0, 0.1) is 0 Å². The molecule has 0 spiro atoms. The van der Waals surface area contributed by atoms with Crippen LogP contribution in [-0.2, 0) is 4.79 Å². The molecule has 3 rings (SSSR count). The molecule has 8 heteroatoms. The standard InChI is InChI=1S/C17H11Cl3N2O3/c1-8(15(23)21-10-4-2-3-9(18)5-10)22-16(24)11-6-13(19)14(20)7-12(11)17(22)25/h2-8H,1H3,(H,21,23). The highest BCUT2D eigenvalue weighted by Gasteiger charge is 2.41. The molecule has 0 fully saturated rings. The van der Waals surface area contributed by atoms with Crippen LogP contribution >= 0.6 is 34.8 Å². The average molecular weight is 398 g/mol. The van der Waals surface area contributed by atoms with Gasteiger partial charge in [-0.2, -0.15) is 0 Å². The Morgan fingerprint density at radius 2 is 1.56 bits per heavy atom. The SMILES string of the molecule is CC(C(=O)Nc1cccc(Cl)c1)N1C(=O)c2cc(Cl)c(Cl)cc2C1=O. The number of nitrogens with one attached hydrogen (secondary N) is 1. The second kappa shape index (κ2) is 6.67. The molecule has 0 bridgehead atoms. The van der Waals surface area contributed by atoms with Crippen LogP contribution in [0.1, 0.15) is 27.6 Å². The van der Waals surface area contributed by atoms with Gasteiger partial charge in [-0.25, -0.2) is 0 Å². The van der Waals surface area contributed by atoms with Gasteiger partial charge in [0.05, 0.1) is 21.2 Å². The maximum absolute atomic E-state index is 12.5. The third-order valence-corrected chi connectivity index (χ3v) is 4.78. The average Bonchev–Trinajstić information content (AvgIpc) is 2.78. The summed E-state index contributed by atoms with van der Waals surface area (Å²) in [7, 11) is 0. The number of fused-ring (bicyclic) bond motifs is 1. The predicted molar refractivity (Wildman–Crippen MR) is 96.5 cm³/mol. The zero-order valence-electron chi connectivity index (χ0n) is 12.8. The van der Waals surface area contributed by atoms with Crippen LogP contribution in [0.25, 0.3) is 0 Å². The van der Waals surface area contributed by atoms with Gasteiger partial charge in [-0.15, -0.1) is 0 Å². The second-order valence-electron chi connectivity index (χ2n) is 5.47. The summed E-state index contributed by atoms with van der Waals surface area (Å²) < 4.78 is 0. The van der Waals surface area contributed by atoms with E-state index < -0.39 is 23.8 Å². The van der Waals surface area contributed by atoms with E-state index in [0.29, 0.717) is 10.7 Å². The molecule has 2 aromatic rings. The molecule has 0 saturated carbocycles. The molecular formula is C17H11Cl3N2O3. The lowest BCUT2D eigenvalue weighted by molar-refractivity contribution is -0.119. The second-order valence-corrected chi connectivity index (χ2v) is 6.72. The van der Waals surface area contributed by atoms with Gasteiger partial charge in [-0.3, -0.25) is 19.3 Å². The Balaban J connectivity index is 1.85. The topological polar surface area (TPSA) is 66.5 Å². The smallest absolute Gasteiger partial charge is 0.262 e. The zero-order valence-corrected chi connectivity index (χ0v) is 15.1. The summed E-state index contributed by atoms with van der Waals surface area (Å²) >= 11 is 17.7. The van der Waals surface area contributed by atoms with E-state index in [-0.39, 0.29) is 21.2 Å². The first-order valence-corrected chi connectivity index (χ1v) is 8.36. The number of rotatable bonds is 3. The molecular weight excluding hydrogens is 387 g/mol. The fourth-order valence-corrected chi connectivity index (χ4v) is 3.05. The molecule has 25 heavy (non-hydrogen) atoms. The highest BCUT2D eigenvalue weighted by atomic mass is 35.5. The summed E-state index contributed by atoms with van der Waals surface area (Å²) in [6.45, 7) is 1.46. The number of benzene rings is 2. The minimum absolute atomic E-state index is 0.127. The molecule has 1 unspecified atom stereocenters. The van der Waals surface area contributed by atoms with Gasteiger partial charge in [0.15, 0.2) is 0 Å². The van der Waals surface area contributed by atoms with Crippen molar-refractivity contribution in [3.05, 3.63) is 62.6 Å². The number of amides is 3. The molecule has 0 aromatic heterocycles. The van der Waals surface area contributed by atoms with Crippen LogP contribution in [0.5, 0.6) is 0 Å². The molecule has 0 saturated heterocycles. The normalized spacial score (nSPS) is 14.5. The van der Waals surface area contributed by atoms with Crippen molar-refractivity contribution in [3.8, 4) is 0 Å². The van der Waals surface area contributed by atoms with Crippen molar-refractivity contribution in [1.29, 1.82) is 0 Å². The lowest BCUT2D eigenvalue weighted by atomic mass is 10.1. The van der Waals surface area contributed by atoms with E-state index in [1.54, 1.807) is 24.3 Å². The van der Waals surface area contributed by atoms with E-state index in [2.05, 4.69) is 5.32 Å². The van der Waals surface area contributed by atoms with Gasteiger partial charge >= 0.3 is 0 Å². The summed E-state index contributed by atoms with van der Waals surface area (Å²) in [5, 5.41) is 3.41. The van der Waals surface area contributed by atoms with E-state index >= 15 is 0 Å². The lowest BCUT2D eigenvalue weighted by Crippen LogP contribution is -2.45. The molecule has 1 aliphatic heterocycles. The third-order valence-electron chi connectivity index (χ3n) is 3.82. The molecule has 3 amide bonds. The highest BCUT2D eigenvalue weighted by Crippen LogP contribution is 2.32. The van der Waals surface area contributed by atoms with Crippen LogP contribution < -0.4 is 5.32 Å². The van der Waals surface area contributed by atoms with E-state index in [4.69, 9.17) is 34.8 Å². The number of carbonyl (C=O) groups excluding carboxylic acids is 3. The summed E-state index contributed by atoms with van der Waals surface area (Å²) in [6, 6.07) is 8.20. The maximum Gasteiger partial charge on any atom is 0.262 e. The lowest BCUT2D eigenvalue weighted by Gasteiger charge is -2.21. The Morgan fingerprint density at radius 3 is 2.08 bits per heavy atom. The Bertz CT molecular complexity index is 873. The largest absolute Gasteiger partial charge is 0.324 e. The van der Waals surface area contributed by atoms with Gasteiger partial charge in [0.25, 0.3) is 11.8 Å². The van der Waals surface area contributed by atoms with E-state index in [1.165, 1.54) is 19.1 Å². The summed E-state index contributed by atoms with van der Waals surface area (Å²) in [5.41, 5.74) is 0.718. The first kappa shape index (κ1) is 17.7. The number of imide groups is 1. The van der Waals surface area contributed by atoms with E-state index in [1.807, 2.05) is 0 Å². The number of halogens is 3. The number of nitrogens with zero attached hydrogens (tertiary/aromatic N) is 1. The van der Waals surface area contributed by atoms with E-state index in [0.717, 1.165) is 4.90 Å². The fourth-order valence-electron chi connectivity index (χ4n) is 2.53. The minimum atomic E-state index is -1.02. The van der Waals surface area contributed by atoms with Gasteiger partial charge in [0.1, 0.15) is 6.04 Å². The van der Waals surface area contributed by atoms with Crippen molar-refractivity contribution >= 4 is 58.2 Å². The highest BCUT2D eigenvalue weighted by molar-refractivity contribution is 6.43. The quantitative estimate of drug-likeness (QED) is 0.787. The van der Waals surface area contributed by atoms with Crippen LogP contribution in [0.3, 0.4) is 0 Å². The molecule has 2 aromatic carbocycles. The van der Waals surface area contributed by atoms with Gasteiger partial charge < -0.3 is 5.32 Å². The first-order chi connectivity index (χ1) is 11.8. The summed E-state index contributed by atoms with van der Waals surface area (Å²) in [6.07, 6.45) is 0. The molecule has 0 radical (unpaired) electrons. The molecule has 0 aliphatic carbocycles. The van der Waals surface area contributed by atoms with Crippen molar-refractivity contribution in [2.24, 2.45) is 0 Å². The number of hydrogen-bond donors (Lipinski definition) is 1. The van der Waals surface area contributed by atoms with E-state index in [9.17, 15) is 14.4 Å². The fraction of sp³-hybridized carbons (Fsp3) is 0.118. The van der Waals surface area contributed by atoms with Gasteiger partial charge in [0.2, 0.25) is 5.91 Å². The van der Waals surface area contributed by atoms with Gasteiger partial charge in [-0.05, 0) is 37.3 Å². The summed E-state index contributed by atoms with van der Waals surface area (Å²) in [5.74, 6) is -1.70. The zero-order chi connectivity index (χ0) is 18.3. The van der Waals surface area contributed by atoms with Crippen molar-refractivity contribution in [2.75, 3.05) is 5.32 Å². The van der Waals surface area contributed by atoms with Crippen molar-refractivity contribution in [2.45, 2.75) is 13.0 Å². The molecule has 128 valence electrons. The molecule has 1 aliphatic rings. The van der Waals surface area contributed by atoms with Crippen molar-refractivity contribution < 1.29 is 14.4 Å². The monoisotopic (exact) mass is 396 g/mol. The maximum atomic E-state index is 12.5. The van der Waals surface area contributed by atoms with Crippen LogP contribution in [0.15, 0.2) is 36.4 Å². The third kappa shape index (κ3) is 3.23. The first-order valence-electron chi connectivity index (χ1n) is 7.23. The van der Waals surface area contributed by atoms with Gasteiger partial charge in [-0.1, -0.05) is 40.9 Å². The number of hydrogen-bond acceptors (Lipinski definition) is 3. The van der Waals surface area contributed by atoms with Gasteiger partial charge in [0, 0.05) is 10.7 Å². The summed E-state index contributed by atoms with van der Waals surface area (Å²) in [4.78, 5) is 38.4. The Hall–Kier alpha value is -2.08. The number of carbonyl (C=O) groups is 3. The van der Waals surface area contributed by atoms with Crippen LogP contribution in [0.2, 0.25) is 15.1 Å². The minimum Gasteiger partial charge on any atom is -0.324 e. The number of anilines is 1. The van der Waals surface area contributed by atoms with Crippen LogP contribution in [-0.4, -0.2) is 28.7 Å². The molecule has 1 N–H and O–H groups in total. The Morgan fingerprint density at radius 1 is 1.00 bits per heavy atom. The molecule has 5 nitrogen and oxygen atoms in total. The van der Waals surface area contributed by atoms with Crippen molar-refractivity contribution in [3.63, 3.8) is 0 Å². The van der Waals surface area contributed by atoms with Crippen LogP contribution in [0.4, 0.5) is 5.69 Å². The predicted octanol–water partition coefficient (Wildman–Crippen LogP) is 4.27.